The van der Waals surface area contributed by atoms with Crippen LogP contribution in [-0.4, -0.2) is 44.2 Å². The van der Waals surface area contributed by atoms with Gasteiger partial charge in [0, 0.05) is 20.4 Å². The van der Waals surface area contributed by atoms with Crippen LogP contribution in [0.5, 0.6) is 5.75 Å². The summed E-state index contributed by atoms with van der Waals surface area (Å²) in [5.41, 5.74) is -2.45. The van der Waals surface area contributed by atoms with Crippen LogP contribution in [0.4, 0.5) is 4.39 Å². The summed E-state index contributed by atoms with van der Waals surface area (Å²) in [6.07, 6.45) is 0.151. The maximum absolute atomic E-state index is 13.4. The number of hydrogen-bond donors (Lipinski definition) is 1. The standard InChI is InChI=1S/C27H32FN5O7/c1-15-31-32-22(40-15)21(35)30-27(5,6)24-29-19(18(34)13-10-16-8-11-17(28)12-9-16)20(23(36)33(24)7)38-14-39-25(37)26(2,3)4/h8-9,11-12H,10,13-14H2,1-7H3,(H,30,35). The number of benzene rings is 1. The Morgan fingerprint density at radius 3 is 2.30 bits per heavy atom. The number of aryl methyl sites for hydroxylation is 2. The number of hydrogen-bond acceptors (Lipinski definition) is 10. The van der Waals surface area contributed by atoms with Crippen LogP contribution in [-0.2, 0) is 28.5 Å². The number of aromatic nitrogens is 4. The van der Waals surface area contributed by atoms with Crippen molar-refractivity contribution in [3.05, 3.63) is 69.3 Å². The smallest absolute Gasteiger partial charge is 0.314 e. The summed E-state index contributed by atoms with van der Waals surface area (Å²) >= 11 is 0. The van der Waals surface area contributed by atoms with Gasteiger partial charge in [-0.15, -0.1) is 10.2 Å². The number of nitrogens with one attached hydrogen (secondary N) is 1. The maximum atomic E-state index is 13.4. The Bertz CT molecular complexity index is 1470. The van der Waals surface area contributed by atoms with Gasteiger partial charge in [-0.2, -0.15) is 0 Å². The number of carbonyl (C=O) groups is 3. The van der Waals surface area contributed by atoms with Crippen LogP contribution in [0.1, 0.15) is 79.5 Å². The molecular weight excluding hydrogens is 525 g/mol. The third kappa shape index (κ3) is 7.16. The summed E-state index contributed by atoms with van der Waals surface area (Å²) in [6, 6.07) is 5.66. The fourth-order valence-electron chi connectivity index (χ4n) is 3.63. The largest absolute Gasteiger partial charge is 0.449 e. The zero-order valence-electron chi connectivity index (χ0n) is 23.5. The van der Waals surface area contributed by atoms with E-state index in [2.05, 4.69) is 20.5 Å². The first-order valence-corrected chi connectivity index (χ1v) is 12.4. The fourth-order valence-corrected chi connectivity index (χ4v) is 3.63. The van der Waals surface area contributed by atoms with Crippen molar-refractivity contribution in [2.75, 3.05) is 6.79 Å². The summed E-state index contributed by atoms with van der Waals surface area (Å²) in [4.78, 5) is 56.1. The summed E-state index contributed by atoms with van der Waals surface area (Å²) < 4.78 is 30.2. The van der Waals surface area contributed by atoms with Gasteiger partial charge in [-0.05, 0) is 58.7 Å². The van der Waals surface area contributed by atoms with Gasteiger partial charge < -0.3 is 19.2 Å². The molecule has 3 aromatic rings. The lowest BCUT2D eigenvalue weighted by Gasteiger charge is -2.27. The Morgan fingerprint density at radius 2 is 1.73 bits per heavy atom. The number of ketones is 1. The Labute approximate surface area is 229 Å². The summed E-state index contributed by atoms with van der Waals surface area (Å²) in [7, 11) is 1.40. The van der Waals surface area contributed by atoms with Crippen molar-refractivity contribution >= 4 is 17.7 Å². The van der Waals surface area contributed by atoms with E-state index in [0.29, 0.717) is 5.56 Å². The normalized spacial score (nSPS) is 11.7. The molecule has 3 rings (SSSR count). The van der Waals surface area contributed by atoms with Crippen molar-refractivity contribution in [3.63, 3.8) is 0 Å². The molecule has 0 radical (unpaired) electrons. The zero-order valence-corrected chi connectivity index (χ0v) is 23.5. The van der Waals surface area contributed by atoms with Crippen molar-refractivity contribution in [1.29, 1.82) is 0 Å². The first-order chi connectivity index (χ1) is 18.6. The molecule has 0 atom stereocenters. The minimum atomic E-state index is -1.30. The van der Waals surface area contributed by atoms with E-state index in [9.17, 15) is 23.6 Å². The fraction of sp³-hybridized carbons (Fsp3) is 0.444. The minimum Gasteiger partial charge on any atom is -0.449 e. The number of nitrogens with zero attached hydrogens (tertiary/aromatic N) is 4. The average molecular weight is 558 g/mol. The average Bonchev–Trinajstić information content (AvgIpc) is 3.31. The second-order valence-electron chi connectivity index (χ2n) is 10.7. The number of Topliss-reactive ketones (excluding diaryl/α,β-unsaturated/α-hetero) is 1. The van der Waals surface area contributed by atoms with Crippen LogP contribution in [0.15, 0.2) is 33.5 Å². The molecule has 0 fully saturated rings. The van der Waals surface area contributed by atoms with Crippen LogP contribution in [0.3, 0.4) is 0 Å². The van der Waals surface area contributed by atoms with Gasteiger partial charge in [0.25, 0.3) is 5.56 Å². The van der Waals surface area contributed by atoms with E-state index in [4.69, 9.17) is 13.9 Å². The second-order valence-corrected chi connectivity index (χ2v) is 10.7. The lowest BCUT2D eigenvalue weighted by Crippen LogP contribution is -2.46. The number of ether oxygens (including phenoxy) is 2. The monoisotopic (exact) mass is 557 g/mol. The molecular formula is C27H32FN5O7. The molecule has 0 aliphatic heterocycles. The van der Waals surface area contributed by atoms with Crippen molar-refractivity contribution in [2.24, 2.45) is 12.5 Å². The van der Waals surface area contributed by atoms with Crippen molar-refractivity contribution in [1.82, 2.24) is 25.1 Å². The number of rotatable bonds is 10. The highest BCUT2D eigenvalue weighted by Gasteiger charge is 2.33. The van der Waals surface area contributed by atoms with E-state index in [0.717, 1.165) is 4.57 Å². The van der Waals surface area contributed by atoms with Crippen molar-refractivity contribution < 1.29 is 32.7 Å². The molecule has 1 N–H and O–H groups in total. The van der Waals surface area contributed by atoms with Gasteiger partial charge in [-0.3, -0.25) is 23.7 Å². The van der Waals surface area contributed by atoms with E-state index < -0.39 is 52.5 Å². The number of esters is 1. The molecule has 0 aliphatic rings. The van der Waals surface area contributed by atoms with E-state index in [-0.39, 0.29) is 36.1 Å². The highest BCUT2D eigenvalue weighted by molar-refractivity contribution is 5.97. The topological polar surface area (TPSA) is 156 Å². The Kier molecular flexibility index (Phi) is 8.86. The van der Waals surface area contributed by atoms with Crippen LogP contribution >= 0.6 is 0 Å². The third-order valence-electron chi connectivity index (χ3n) is 5.78. The number of carbonyl (C=O) groups excluding carboxylic acids is 3. The molecule has 2 aromatic heterocycles. The molecule has 0 saturated carbocycles. The number of amides is 1. The summed E-state index contributed by atoms with van der Waals surface area (Å²) in [6.45, 7) is 9.02. The molecule has 13 heteroatoms. The minimum absolute atomic E-state index is 0.0336. The molecule has 2 heterocycles. The molecule has 40 heavy (non-hydrogen) atoms. The quantitative estimate of drug-likeness (QED) is 0.223. The van der Waals surface area contributed by atoms with E-state index in [1.807, 2.05) is 0 Å². The van der Waals surface area contributed by atoms with E-state index in [1.54, 1.807) is 46.8 Å². The van der Waals surface area contributed by atoms with Crippen LogP contribution in [0, 0.1) is 18.2 Å². The molecule has 1 amide bonds. The lowest BCUT2D eigenvalue weighted by molar-refractivity contribution is -0.159. The van der Waals surface area contributed by atoms with Gasteiger partial charge >= 0.3 is 17.8 Å². The summed E-state index contributed by atoms with van der Waals surface area (Å²) in [5, 5.41) is 10.0. The first kappa shape index (κ1) is 30.1. The van der Waals surface area contributed by atoms with Crippen molar-refractivity contribution in [2.45, 2.75) is 59.9 Å². The maximum Gasteiger partial charge on any atom is 0.314 e. The zero-order chi connectivity index (χ0) is 29.8. The van der Waals surface area contributed by atoms with Gasteiger partial charge in [0.1, 0.15) is 11.6 Å². The Balaban J connectivity index is 1.96. The molecule has 0 bridgehead atoms. The van der Waals surface area contributed by atoms with Crippen LogP contribution in [0.25, 0.3) is 0 Å². The first-order valence-electron chi connectivity index (χ1n) is 12.4. The molecule has 12 nitrogen and oxygen atoms in total. The van der Waals surface area contributed by atoms with Crippen LogP contribution in [0.2, 0.25) is 0 Å². The van der Waals surface area contributed by atoms with E-state index in [1.165, 1.54) is 26.1 Å². The Hall–Kier alpha value is -4.42. The summed E-state index contributed by atoms with van der Waals surface area (Å²) in [5.74, 6) is -2.71. The molecule has 214 valence electrons. The second kappa shape index (κ2) is 11.8. The van der Waals surface area contributed by atoms with Gasteiger partial charge in [-0.25, -0.2) is 9.37 Å². The molecule has 0 spiro atoms. The third-order valence-corrected chi connectivity index (χ3v) is 5.78. The lowest BCUT2D eigenvalue weighted by atomic mass is 9.98. The predicted molar refractivity (Wildman–Crippen MR) is 139 cm³/mol. The Morgan fingerprint density at radius 1 is 1.07 bits per heavy atom. The molecule has 1 aromatic carbocycles. The highest BCUT2D eigenvalue weighted by atomic mass is 19.1. The highest BCUT2D eigenvalue weighted by Crippen LogP contribution is 2.23. The van der Waals surface area contributed by atoms with Gasteiger partial charge in [0.2, 0.25) is 18.4 Å². The van der Waals surface area contributed by atoms with Crippen LogP contribution < -0.4 is 15.6 Å². The van der Waals surface area contributed by atoms with Crippen molar-refractivity contribution in [3.8, 4) is 5.75 Å². The van der Waals surface area contributed by atoms with E-state index >= 15 is 0 Å². The predicted octanol–water partition coefficient (Wildman–Crippen LogP) is 3.02. The molecule has 0 aliphatic carbocycles. The molecule has 0 saturated heterocycles. The molecule has 0 unspecified atom stereocenters. The SMILES string of the molecule is Cc1nnc(C(=O)NC(C)(C)c2nc(C(=O)CCc3ccc(F)cc3)c(OCOC(=O)C(C)(C)C)c(=O)n2C)o1. The number of halogens is 1. The van der Waals surface area contributed by atoms with Gasteiger partial charge in [-0.1, -0.05) is 12.1 Å². The van der Waals surface area contributed by atoms with Gasteiger partial charge in [0.15, 0.2) is 11.5 Å². The van der Waals surface area contributed by atoms with Gasteiger partial charge in [0.05, 0.1) is 11.0 Å².